The molecule has 0 N–H and O–H groups in total. The molecule has 1 atom stereocenters. The molecule has 0 bridgehead atoms. The van der Waals surface area contributed by atoms with E-state index in [9.17, 15) is 4.79 Å². The zero-order valence-electron chi connectivity index (χ0n) is 9.83. The van der Waals surface area contributed by atoms with Crippen LogP contribution in [0.25, 0.3) is 0 Å². The predicted molar refractivity (Wildman–Crippen MR) is 61.0 cm³/mol. The molecule has 0 saturated carbocycles. The average Bonchev–Trinajstić information content (AvgIpc) is 2.24. The number of hydrogen-bond acceptors (Lipinski definition) is 2. The van der Waals surface area contributed by atoms with Crippen LogP contribution in [-0.4, -0.2) is 12.9 Å². The van der Waals surface area contributed by atoms with Crippen LogP contribution in [0.4, 0.5) is 0 Å². The Morgan fingerprint density at radius 3 is 2.47 bits per heavy atom. The van der Waals surface area contributed by atoms with Gasteiger partial charge in [-0.1, -0.05) is 25.1 Å². The Labute approximate surface area is 91.3 Å². The SMILES string of the molecule is CCC(=O)C(OC)c1ccc(C)c(C)c1. The molecule has 0 amide bonds. The number of rotatable bonds is 4. The van der Waals surface area contributed by atoms with Crippen LogP contribution in [0.15, 0.2) is 18.2 Å². The highest BCUT2D eigenvalue weighted by atomic mass is 16.5. The molecule has 0 aliphatic carbocycles. The van der Waals surface area contributed by atoms with Crippen LogP contribution in [-0.2, 0) is 9.53 Å². The summed E-state index contributed by atoms with van der Waals surface area (Å²) in [6.07, 6.45) is 0.0973. The summed E-state index contributed by atoms with van der Waals surface area (Å²) in [7, 11) is 1.58. The molecule has 0 fully saturated rings. The van der Waals surface area contributed by atoms with Crippen molar-refractivity contribution in [3.63, 3.8) is 0 Å². The standard InChI is InChI=1S/C13H18O2/c1-5-12(14)13(15-4)11-7-6-9(2)10(3)8-11/h6-8,13H,5H2,1-4H3. The van der Waals surface area contributed by atoms with Gasteiger partial charge in [-0.05, 0) is 30.5 Å². The van der Waals surface area contributed by atoms with Gasteiger partial charge in [0.05, 0.1) is 0 Å². The van der Waals surface area contributed by atoms with Crippen LogP contribution < -0.4 is 0 Å². The Morgan fingerprint density at radius 2 is 2.00 bits per heavy atom. The molecule has 1 rings (SSSR count). The van der Waals surface area contributed by atoms with Crippen LogP contribution in [0.1, 0.15) is 36.1 Å². The van der Waals surface area contributed by atoms with Crippen LogP contribution in [0.5, 0.6) is 0 Å². The maximum Gasteiger partial charge on any atom is 0.165 e. The third-order valence-corrected chi connectivity index (χ3v) is 2.71. The Kier molecular flexibility index (Phi) is 4.04. The van der Waals surface area contributed by atoms with Gasteiger partial charge in [0.1, 0.15) is 6.10 Å². The molecule has 0 radical (unpaired) electrons. The maximum atomic E-state index is 11.6. The molecule has 2 nitrogen and oxygen atoms in total. The summed E-state index contributed by atoms with van der Waals surface area (Å²) >= 11 is 0. The third kappa shape index (κ3) is 2.66. The molecule has 0 saturated heterocycles. The Hall–Kier alpha value is -1.15. The van der Waals surface area contributed by atoms with Gasteiger partial charge in [-0.3, -0.25) is 4.79 Å². The molecule has 1 aromatic carbocycles. The van der Waals surface area contributed by atoms with Crippen molar-refractivity contribution in [3.05, 3.63) is 34.9 Å². The van der Waals surface area contributed by atoms with E-state index in [1.807, 2.05) is 32.0 Å². The summed E-state index contributed by atoms with van der Waals surface area (Å²) in [6.45, 7) is 5.96. The normalized spacial score (nSPS) is 12.5. The molecule has 1 unspecified atom stereocenters. The number of ether oxygens (including phenoxy) is 1. The summed E-state index contributed by atoms with van der Waals surface area (Å²) in [5.41, 5.74) is 3.38. The fourth-order valence-electron chi connectivity index (χ4n) is 1.57. The number of aryl methyl sites for hydroxylation is 2. The highest BCUT2D eigenvalue weighted by molar-refractivity contribution is 5.84. The first-order valence-corrected chi connectivity index (χ1v) is 5.22. The largest absolute Gasteiger partial charge is 0.369 e. The number of Topliss-reactive ketones (excluding diaryl/α,β-unsaturated/α-hetero) is 1. The van der Waals surface area contributed by atoms with Crippen molar-refractivity contribution in [2.24, 2.45) is 0 Å². The van der Waals surface area contributed by atoms with Gasteiger partial charge in [-0.15, -0.1) is 0 Å². The Morgan fingerprint density at radius 1 is 1.33 bits per heavy atom. The van der Waals surface area contributed by atoms with Crippen molar-refractivity contribution in [3.8, 4) is 0 Å². The molecule has 15 heavy (non-hydrogen) atoms. The van der Waals surface area contributed by atoms with Gasteiger partial charge in [0.2, 0.25) is 0 Å². The smallest absolute Gasteiger partial charge is 0.165 e. The van der Waals surface area contributed by atoms with Crippen LogP contribution in [0, 0.1) is 13.8 Å². The van der Waals surface area contributed by atoms with Gasteiger partial charge < -0.3 is 4.74 Å². The van der Waals surface area contributed by atoms with Crippen LogP contribution >= 0.6 is 0 Å². The molecule has 2 heteroatoms. The molecule has 0 aromatic heterocycles. The van der Waals surface area contributed by atoms with E-state index >= 15 is 0 Å². The summed E-state index contributed by atoms with van der Waals surface area (Å²) in [5.74, 6) is 0.126. The van der Waals surface area contributed by atoms with Crippen LogP contribution in [0.3, 0.4) is 0 Å². The van der Waals surface area contributed by atoms with Crippen LogP contribution in [0.2, 0.25) is 0 Å². The van der Waals surface area contributed by atoms with Crippen molar-refractivity contribution in [1.82, 2.24) is 0 Å². The van der Waals surface area contributed by atoms with Crippen molar-refractivity contribution < 1.29 is 9.53 Å². The van der Waals surface area contributed by atoms with E-state index in [2.05, 4.69) is 6.92 Å². The van der Waals surface area contributed by atoms with E-state index in [1.54, 1.807) is 7.11 Å². The summed E-state index contributed by atoms with van der Waals surface area (Å²) in [4.78, 5) is 11.6. The Bertz CT molecular complexity index is 356. The number of benzene rings is 1. The lowest BCUT2D eigenvalue weighted by atomic mass is 9.99. The minimum Gasteiger partial charge on any atom is -0.369 e. The minimum absolute atomic E-state index is 0.126. The van der Waals surface area contributed by atoms with E-state index in [4.69, 9.17) is 4.74 Å². The molecule has 82 valence electrons. The minimum atomic E-state index is -0.408. The van der Waals surface area contributed by atoms with E-state index in [0.717, 1.165) is 5.56 Å². The van der Waals surface area contributed by atoms with Gasteiger partial charge in [0.25, 0.3) is 0 Å². The molecule has 0 aliphatic heterocycles. The number of methoxy groups -OCH3 is 1. The monoisotopic (exact) mass is 206 g/mol. The number of carbonyl (C=O) groups excluding carboxylic acids is 1. The second-order valence-electron chi connectivity index (χ2n) is 3.78. The predicted octanol–water partition coefficient (Wildman–Crippen LogP) is 2.97. The first-order valence-electron chi connectivity index (χ1n) is 5.22. The first-order chi connectivity index (χ1) is 7.10. The van der Waals surface area contributed by atoms with Gasteiger partial charge in [-0.2, -0.15) is 0 Å². The van der Waals surface area contributed by atoms with Crippen molar-refractivity contribution in [2.75, 3.05) is 7.11 Å². The maximum absolute atomic E-state index is 11.6. The molecule has 0 heterocycles. The van der Waals surface area contributed by atoms with Gasteiger partial charge in [0, 0.05) is 13.5 Å². The average molecular weight is 206 g/mol. The second-order valence-corrected chi connectivity index (χ2v) is 3.78. The van der Waals surface area contributed by atoms with Gasteiger partial charge >= 0.3 is 0 Å². The first kappa shape index (κ1) is 11.9. The molecule has 0 spiro atoms. The summed E-state index contributed by atoms with van der Waals surface area (Å²) < 4.78 is 5.23. The fourth-order valence-corrected chi connectivity index (χ4v) is 1.57. The fraction of sp³-hybridized carbons (Fsp3) is 0.462. The molecule has 1 aromatic rings. The highest BCUT2D eigenvalue weighted by Crippen LogP contribution is 2.21. The van der Waals surface area contributed by atoms with E-state index in [0.29, 0.717) is 6.42 Å². The number of ketones is 1. The lowest BCUT2D eigenvalue weighted by Gasteiger charge is -2.14. The zero-order valence-corrected chi connectivity index (χ0v) is 9.83. The lowest BCUT2D eigenvalue weighted by molar-refractivity contribution is -0.128. The van der Waals surface area contributed by atoms with E-state index in [-0.39, 0.29) is 5.78 Å². The van der Waals surface area contributed by atoms with Gasteiger partial charge in [-0.25, -0.2) is 0 Å². The van der Waals surface area contributed by atoms with Gasteiger partial charge in [0.15, 0.2) is 5.78 Å². The lowest BCUT2D eigenvalue weighted by Crippen LogP contribution is -2.13. The number of carbonyl (C=O) groups is 1. The zero-order chi connectivity index (χ0) is 11.4. The van der Waals surface area contributed by atoms with E-state index in [1.165, 1.54) is 11.1 Å². The molecular weight excluding hydrogens is 188 g/mol. The second kappa shape index (κ2) is 5.08. The topological polar surface area (TPSA) is 26.3 Å². The highest BCUT2D eigenvalue weighted by Gasteiger charge is 2.18. The van der Waals surface area contributed by atoms with E-state index < -0.39 is 6.10 Å². The van der Waals surface area contributed by atoms with Crippen molar-refractivity contribution >= 4 is 5.78 Å². The van der Waals surface area contributed by atoms with Crippen molar-refractivity contribution in [2.45, 2.75) is 33.3 Å². The summed E-state index contributed by atoms with van der Waals surface area (Å²) in [6, 6.07) is 6.01. The molecular formula is C13H18O2. The quantitative estimate of drug-likeness (QED) is 0.757. The Balaban J connectivity index is 3.02. The third-order valence-electron chi connectivity index (χ3n) is 2.71. The number of hydrogen-bond donors (Lipinski definition) is 0. The molecule has 0 aliphatic rings. The van der Waals surface area contributed by atoms with Crippen molar-refractivity contribution in [1.29, 1.82) is 0 Å². The summed E-state index contributed by atoms with van der Waals surface area (Å²) in [5, 5.41) is 0.